The Hall–Kier alpha value is -10.3. The molecule has 2 aliphatic rings. The number of nitrogens with two attached hydrogens (primary N) is 1. The summed E-state index contributed by atoms with van der Waals surface area (Å²) < 4.78 is 27.0. The van der Waals surface area contributed by atoms with Crippen molar-refractivity contribution in [1.82, 2.24) is 39.5 Å². The van der Waals surface area contributed by atoms with Crippen LogP contribution < -0.4 is 39.7 Å². The molecule has 0 aliphatic heterocycles. The van der Waals surface area contributed by atoms with E-state index in [9.17, 15) is 25.2 Å². The van der Waals surface area contributed by atoms with Gasteiger partial charge in [-0.1, -0.05) is 95.2 Å². The van der Waals surface area contributed by atoms with Crippen molar-refractivity contribution in [1.29, 1.82) is 0 Å². The molecule has 0 fully saturated rings. The molecule has 0 amide bonds. The van der Waals surface area contributed by atoms with Gasteiger partial charge in [-0.05, 0) is 210 Å². The lowest BCUT2D eigenvalue weighted by Crippen LogP contribution is -2.35. The van der Waals surface area contributed by atoms with Gasteiger partial charge < -0.3 is 45.3 Å². The van der Waals surface area contributed by atoms with Gasteiger partial charge in [0.2, 0.25) is 17.0 Å². The Morgan fingerprint density at radius 1 is 0.488 bits per heavy atom. The number of anilines is 1. The number of hydrogen-bond donors (Lipinski definition) is 3. The molecule has 0 unspecified atom stereocenters. The van der Waals surface area contributed by atoms with E-state index >= 15 is 0 Å². The van der Waals surface area contributed by atoms with Crippen molar-refractivity contribution in [2.45, 2.75) is 252 Å². The molecule has 8 heterocycles. The zero-order chi connectivity index (χ0) is 88.3. The Labute approximate surface area is 728 Å². The van der Waals surface area contributed by atoms with Crippen molar-refractivity contribution in [3.8, 4) is 17.2 Å². The van der Waals surface area contributed by atoms with Gasteiger partial charge in [0.05, 0.1) is 47.9 Å². The summed E-state index contributed by atoms with van der Waals surface area (Å²) in [7, 11) is 3.18. The number of carbonyl (C=O) groups is 1. The molecule has 0 atom stereocenters. The number of thioether (sulfide) groups is 4. The van der Waals surface area contributed by atoms with Crippen LogP contribution in [0.1, 0.15) is 204 Å². The summed E-state index contributed by atoms with van der Waals surface area (Å²) in [5, 5.41) is 40.7. The minimum atomic E-state index is -0.324. The van der Waals surface area contributed by atoms with E-state index in [2.05, 4.69) is 162 Å². The third kappa shape index (κ3) is 27.8. The van der Waals surface area contributed by atoms with Gasteiger partial charge in [0.15, 0.2) is 29.5 Å². The molecule has 25 heteroatoms. The third-order valence-electron chi connectivity index (χ3n) is 17.9. The number of H-pyrrole nitrogens is 2. The summed E-state index contributed by atoms with van der Waals surface area (Å²) in [6.45, 7) is 44.1. The van der Waals surface area contributed by atoms with Crippen LogP contribution in [0.5, 0.6) is 17.2 Å². The number of hydrogen-bond acceptors (Lipinski definition) is 19. The Bertz CT molecular complexity index is 6040. The van der Waals surface area contributed by atoms with Gasteiger partial charge in [0, 0.05) is 126 Å². The monoisotopic (exact) mass is 1710 g/mol. The van der Waals surface area contributed by atoms with Gasteiger partial charge in [-0.2, -0.15) is 9.46 Å². The number of methoxy groups -OCH3 is 1. The summed E-state index contributed by atoms with van der Waals surface area (Å²) in [6.07, 6.45) is 18.7. The fourth-order valence-corrected chi connectivity index (χ4v) is 17.5. The van der Waals surface area contributed by atoms with E-state index in [0.717, 1.165) is 100 Å². The predicted octanol–water partition coefficient (Wildman–Crippen LogP) is 22.3. The first-order valence-corrected chi connectivity index (χ1v) is 44.1. The molecular weight excluding hydrogens is 1590 g/mol. The first-order valence-electron chi connectivity index (χ1n) is 40.9. The topological polar surface area (TPSA) is 279 Å². The fourth-order valence-electron chi connectivity index (χ4n) is 13.4. The number of pyridine rings is 4. The quantitative estimate of drug-likeness (QED) is 0.0551. The Morgan fingerprint density at radius 3 is 1.64 bits per heavy atom. The molecule has 21 nitrogen and oxygen atoms in total. The number of esters is 1. The minimum absolute atomic E-state index is 0.113. The van der Waals surface area contributed by atoms with Gasteiger partial charge in [-0.25, -0.2) is 29.0 Å². The smallest absolute Gasteiger partial charge is 0.340 e. The highest BCUT2D eigenvalue weighted by Crippen LogP contribution is 2.39. The number of rotatable bonds is 8. The molecule has 0 saturated heterocycles. The zero-order valence-electron chi connectivity index (χ0n) is 74.3. The summed E-state index contributed by atoms with van der Waals surface area (Å²) in [6, 6.07) is 46.3. The maximum Gasteiger partial charge on any atom is 0.340 e. The Morgan fingerprint density at radius 2 is 1.01 bits per heavy atom. The highest BCUT2D eigenvalue weighted by molar-refractivity contribution is 8.01. The van der Waals surface area contributed by atoms with Crippen LogP contribution in [0.3, 0.4) is 0 Å². The predicted molar refractivity (Wildman–Crippen MR) is 500 cm³/mol. The van der Waals surface area contributed by atoms with Gasteiger partial charge >= 0.3 is 11.6 Å². The van der Waals surface area contributed by atoms with Crippen LogP contribution in [-0.2, 0) is 37.5 Å². The van der Waals surface area contributed by atoms with E-state index in [1.54, 1.807) is 78.1 Å². The highest BCUT2D eigenvalue weighted by Gasteiger charge is 2.25. The van der Waals surface area contributed by atoms with Gasteiger partial charge in [0.1, 0.15) is 40.0 Å². The number of carbonyl (C=O) groups excluding carboxylic acids is 1. The van der Waals surface area contributed by atoms with Crippen LogP contribution in [0.25, 0.3) is 76.7 Å². The van der Waals surface area contributed by atoms with Crippen molar-refractivity contribution < 1.29 is 37.9 Å². The molecule has 0 radical (unpaired) electrons. The fraction of sp³-hybridized carbons (Fsp3) is 0.396. The van der Waals surface area contributed by atoms with Crippen molar-refractivity contribution in [2.75, 3.05) is 12.8 Å². The molecule has 4 N–H and O–H groups in total. The van der Waals surface area contributed by atoms with Crippen molar-refractivity contribution in [2.24, 2.45) is 7.05 Å². The van der Waals surface area contributed by atoms with Crippen LogP contribution in [0, 0.1) is 15.6 Å². The summed E-state index contributed by atoms with van der Waals surface area (Å²) in [4.78, 5) is 55.2. The summed E-state index contributed by atoms with van der Waals surface area (Å²) in [5.74, 6) is 1.97. The van der Waals surface area contributed by atoms with Crippen molar-refractivity contribution >= 4 is 136 Å². The van der Waals surface area contributed by atoms with Crippen LogP contribution in [0.2, 0.25) is 0 Å². The zero-order valence-corrected chi connectivity index (χ0v) is 77.6. The molecule has 0 bridgehead atoms. The Balaban J connectivity index is 0.000000148. The molecule has 6 aromatic carbocycles. The second-order valence-corrected chi connectivity index (χ2v) is 44.5. The number of nitrogen functional groups attached to an aromatic ring is 1. The lowest BCUT2D eigenvalue weighted by atomic mass is 9.94. The SMILES string of the molecule is CC(C)(C)Oc1ccc2c(c1)ncc[n+]2[O-].CC(C)(C)Oc1ccc2cccnc2c1.CC(C)(C)Sc1ccc2cc3c([n+]([O-])c2c1)CCCC3.CC(C)(C)Sc1ccc2cc3c(nc2c1)CCCC3.CC(C)(C)Sc1ccc2nc(N)[nH]c(=O)c2c1.COC(=O)c1c[nH]c2ccc(SC(C)(C)C)cc12.Cn1cnc2cc(OC(C)(C)C)c[n+]([O-])c21. The second kappa shape index (κ2) is 38.8. The van der Waals surface area contributed by atoms with Gasteiger partial charge in [0.25, 0.3) is 5.56 Å². The maximum atomic E-state index is 12.6. The van der Waals surface area contributed by atoms with E-state index in [1.807, 2.05) is 153 Å². The van der Waals surface area contributed by atoms with Gasteiger partial charge in [-0.3, -0.25) is 19.7 Å². The van der Waals surface area contributed by atoms with E-state index in [0.29, 0.717) is 44.4 Å². The van der Waals surface area contributed by atoms with E-state index in [1.165, 1.54) is 88.1 Å². The van der Waals surface area contributed by atoms with E-state index < -0.39 is 0 Å². The first-order chi connectivity index (χ1) is 56.6. The van der Waals surface area contributed by atoms with E-state index in [-0.39, 0.29) is 53.3 Å². The molecule has 8 aromatic heterocycles. The normalized spacial score (nSPS) is 13.0. The van der Waals surface area contributed by atoms with Crippen molar-refractivity contribution in [3.63, 3.8) is 0 Å². The number of benzene rings is 6. The Kier molecular flexibility index (Phi) is 29.8. The highest BCUT2D eigenvalue weighted by atomic mass is 32.2. The van der Waals surface area contributed by atoms with Crippen LogP contribution in [0.15, 0.2) is 201 Å². The summed E-state index contributed by atoms with van der Waals surface area (Å²) in [5.41, 5.74) is 17.1. The number of aromatic nitrogens is 11. The third-order valence-corrected chi connectivity index (χ3v) is 22.3. The number of imidazole rings is 1. The molecular formula is C96H118N12O9S4. The maximum absolute atomic E-state index is 12.6. The minimum Gasteiger partial charge on any atom is -0.710 e. The first kappa shape index (κ1) is 92.9. The number of aryl methyl sites for hydroxylation is 4. The van der Waals surface area contributed by atoms with Crippen LogP contribution in [-0.4, -0.2) is 88.3 Å². The molecule has 0 saturated carbocycles. The number of aromatic amines is 2. The molecule has 640 valence electrons. The van der Waals surface area contributed by atoms with Crippen molar-refractivity contribution in [3.05, 3.63) is 231 Å². The lowest BCUT2D eigenvalue weighted by Gasteiger charge is -2.21. The average Bonchev–Trinajstić information content (AvgIpc) is 1.50. The number of nitrogens with one attached hydrogen (secondary N) is 2. The standard InChI is InChI=1S/C17H21NOS.C17H21NS.C14H17NO2S.C13H15NO.C12H15N3OS.C12H14N2O2.C11H15N3O2/c1-17(2,3)20-14-9-8-13-10-12-6-4-5-7-15(12)18(19)16(13)11-14;1-17(2,3)19-14-9-8-13-10-12-6-4-5-7-15(12)18-16(13)11-14;1-14(2,3)18-9-5-6-12-10(7-9)11(8-15-12)13(16)17-4;1-13(2,3)15-11-7-6-10-5-4-8-14-12(10)9-11;1-12(2,3)17-7-4-5-9-8(6-7)10(16)15-11(13)14-9;1-12(2,3)16-9-4-5-11-10(8-9)13-6-7-14(11)15;1-11(2,3)16-8-5-9-10(14(15)6-8)13(4)7-12-9/h8-11H,4-7H2,1-3H3;8-11H,4-7H2,1-3H3;5-8,15H,1-4H3;4-9H,1-3H3;4-6H,1-3H3,(H3,13,14,15,16);4-8H,1-3H3;5-7H,1-4H3. The molecule has 2 aliphatic carbocycles. The number of fused-ring (bicyclic) bond motifs is 9. The number of ether oxygens (including phenoxy) is 4. The summed E-state index contributed by atoms with van der Waals surface area (Å²) >= 11 is 7.22. The average molecular weight is 1710 g/mol. The van der Waals surface area contributed by atoms with Gasteiger partial charge in [-0.15, -0.1) is 47.0 Å². The molecule has 121 heavy (non-hydrogen) atoms. The molecule has 16 rings (SSSR count). The van der Waals surface area contributed by atoms with Crippen LogP contribution in [0.4, 0.5) is 5.95 Å². The largest absolute Gasteiger partial charge is 0.710 e. The number of nitrogens with zero attached hydrogens (tertiary/aromatic N) is 9. The second-order valence-electron chi connectivity index (χ2n) is 36.9. The molecule has 0 spiro atoms. The van der Waals surface area contributed by atoms with E-state index in [4.69, 9.17) is 29.7 Å². The lowest BCUT2D eigenvalue weighted by molar-refractivity contribution is -0.587. The molecule has 14 aromatic rings. The van der Waals surface area contributed by atoms with Crippen LogP contribution >= 0.6 is 47.0 Å².